The van der Waals surface area contributed by atoms with Crippen LogP contribution < -0.4 is 10.5 Å². The molecular formula is C13H16FN3O. The number of nitrogens with two attached hydrogens (primary N) is 1. The third-order valence-corrected chi connectivity index (χ3v) is 3.42. The van der Waals surface area contributed by atoms with E-state index < -0.39 is 0 Å². The number of benzene rings is 1. The number of ether oxygens (including phenoxy) is 1. The first kappa shape index (κ1) is 11.5. The molecule has 0 aliphatic heterocycles. The predicted molar refractivity (Wildman–Crippen MR) is 66.9 cm³/mol. The van der Waals surface area contributed by atoms with Crippen molar-refractivity contribution in [1.29, 1.82) is 0 Å². The van der Waals surface area contributed by atoms with E-state index in [1.54, 1.807) is 6.07 Å². The van der Waals surface area contributed by atoms with Gasteiger partial charge in [-0.05, 0) is 43.9 Å². The van der Waals surface area contributed by atoms with Gasteiger partial charge in [0.1, 0.15) is 11.9 Å². The third kappa shape index (κ3) is 2.31. The fraction of sp³-hybridized carbons (Fsp3) is 0.462. The van der Waals surface area contributed by atoms with Crippen LogP contribution >= 0.6 is 0 Å². The van der Waals surface area contributed by atoms with E-state index >= 15 is 0 Å². The third-order valence-electron chi connectivity index (χ3n) is 3.42. The Bertz CT molecular complexity index is 546. The Labute approximate surface area is 104 Å². The molecule has 0 spiro atoms. The first-order valence-electron chi connectivity index (χ1n) is 6.28. The molecule has 1 aliphatic carbocycles. The van der Waals surface area contributed by atoms with Crippen molar-refractivity contribution in [2.24, 2.45) is 5.73 Å². The number of hydrogen-bond donors (Lipinski definition) is 2. The molecule has 0 unspecified atom stereocenters. The summed E-state index contributed by atoms with van der Waals surface area (Å²) in [6, 6.07) is 5.23. The highest BCUT2D eigenvalue weighted by atomic mass is 19.1. The van der Waals surface area contributed by atoms with E-state index in [-0.39, 0.29) is 11.9 Å². The fourth-order valence-corrected chi connectivity index (χ4v) is 2.38. The van der Waals surface area contributed by atoms with Crippen LogP contribution in [0.4, 0.5) is 4.39 Å². The highest BCUT2D eigenvalue weighted by molar-refractivity contribution is 5.75. The summed E-state index contributed by atoms with van der Waals surface area (Å²) in [5.41, 5.74) is 7.23. The summed E-state index contributed by atoms with van der Waals surface area (Å²) in [7, 11) is 0. The van der Waals surface area contributed by atoms with Gasteiger partial charge in [0.25, 0.3) is 6.01 Å². The second-order valence-electron chi connectivity index (χ2n) is 4.86. The maximum atomic E-state index is 13.0. The van der Waals surface area contributed by atoms with Crippen molar-refractivity contribution >= 4 is 11.0 Å². The maximum Gasteiger partial charge on any atom is 0.294 e. The van der Waals surface area contributed by atoms with Gasteiger partial charge in [-0.1, -0.05) is 0 Å². The SMILES string of the molecule is NC1CCC(Oc2nc3ccc(F)cc3[nH]2)CC1. The van der Waals surface area contributed by atoms with Gasteiger partial charge in [0.05, 0.1) is 11.0 Å². The van der Waals surface area contributed by atoms with Crippen LogP contribution in [0, 0.1) is 5.82 Å². The van der Waals surface area contributed by atoms with Crippen molar-refractivity contribution in [3.63, 3.8) is 0 Å². The second kappa shape index (κ2) is 4.57. The Morgan fingerprint density at radius 2 is 2.06 bits per heavy atom. The van der Waals surface area contributed by atoms with Gasteiger partial charge in [0.15, 0.2) is 0 Å². The highest BCUT2D eigenvalue weighted by Crippen LogP contribution is 2.23. The standard InChI is InChI=1S/C13H16FN3O/c14-8-1-6-11-12(7-8)17-13(16-11)18-10-4-2-9(15)3-5-10/h1,6-7,9-10H,2-5,15H2,(H,16,17). The largest absolute Gasteiger partial charge is 0.461 e. The van der Waals surface area contributed by atoms with Gasteiger partial charge in [-0.25, -0.2) is 4.39 Å². The van der Waals surface area contributed by atoms with Gasteiger partial charge in [0, 0.05) is 6.04 Å². The van der Waals surface area contributed by atoms with E-state index in [0.29, 0.717) is 17.6 Å². The monoisotopic (exact) mass is 249 g/mol. The lowest BCUT2D eigenvalue weighted by Gasteiger charge is -2.25. The zero-order valence-electron chi connectivity index (χ0n) is 10.0. The lowest BCUT2D eigenvalue weighted by Crippen LogP contribution is -2.31. The lowest BCUT2D eigenvalue weighted by atomic mass is 9.94. The minimum atomic E-state index is -0.277. The molecule has 0 amide bonds. The smallest absolute Gasteiger partial charge is 0.294 e. The highest BCUT2D eigenvalue weighted by Gasteiger charge is 2.20. The zero-order chi connectivity index (χ0) is 12.5. The molecular weight excluding hydrogens is 233 g/mol. The summed E-state index contributed by atoms with van der Waals surface area (Å²) >= 11 is 0. The first-order valence-corrected chi connectivity index (χ1v) is 6.28. The van der Waals surface area contributed by atoms with Crippen molar-refractivity contribution in [1.82, 2.24) is 9.97 Å². The topological polar surface area (TPSA) is 63.9 Å². The molecule has 0 atom stereocenters. The number of fused-ring (bicyclic) bond motifs is 1. The Hall–Kier alpha value is -1.62. The predicted octanol–water partition coefficient (Wildman–Crippen LogP) is 2.35. The number of aromatic amines is 1. The van der Waals surface area contributed by atoms with Crippen LogP contribution in [-0.2, 0) is 0 Å². The van der Waals surface area contributed by atoms with E-state index in [2.05, 4.69) is 9.97 Å². The van der Waals surface area contributed by atoms with Gasteiger partial charge < -0.3 is 15.5 Å². The van der Waals surface area contributed by atoms with Crippen LogP contribution in [0.2, 0.25) is 0 Å². The molecule has 1 aliphatic rings. The lowest BCUT2D eigenvalue weighted by molar-refractivity contribution is 0.136. The van der Waals surface area contributed by atoms with Crippen LogP contribution in [0.15, 0.2) is 18.2 Å². The fourth-order valence-electron chi connectivity index (χ4n) is 2.38. The van der Waals surface area contributed by atoms with Crippen molar-refractivity contribution in [2.75, 3.05) is 0 Å². The molecule has 18 heavy (non-hydrogen) atoms. The first-order chi connectivity index (χ1) is 8.70. The number of hydrogen-bond acceptors (Lipinski definition) is 3. The van der Waals surface area contributed by atoms with Crippen LogP contribution in [0.3, 0.4) is 0 Å². The quantitative estimate of drug-likeness (QED) is 0.858. The molecule has 0 saturated heterocycles. The maximum absolute atomic E-state index is 13.0. The molecule has 1 fully saturated rings. The van der Waals surface area contributed by atoms with E-state index in [4.69, 9.17) is 10.5 Å². The molecule has 3 N–H and O–H groups in total. The Morgan fingerprint density at radius 1 is 1.28 bits per heavy atom. The van der Waals surface area contributed by atoms with Crippen molar-refractivity contribution < 1.29 is 9.13 Å². The summed E-state index contributed by atoms with van der Waals surface area (Å²) in [6.45, 7) is 0. The number of H-pyrrole nitrogens is 1. The van der Waals surface area contributed by atoms with Gasteiger partial charge in [0.2, 0.25) is 0 Å². The van der Waals surface area contributed by atoms with Crippen LogP contribution in [0.5, 0.6) is 6.01 Å². The summed E-state index contributed by atoms with van der Waals surface area (Å²) < 4.78 is 18.8. The molecule has 0 radical (unpaired) electrons. The second-order valence-corrected chi connectivity index (χ2v) is 4.86. The van der Waals surface area contributed by atoms with Crippen molar-refractivity contribution in [3.05, 3.63) is 24.0 Å². The Balaban J connectivity index is 1.74. The van der Waals surface area contributed by atoms with Gasteiger partial charge >= 0.3 is 0 Å². The molecule has 96 valence electrons. The van der Waals surface area contributed by atoms with Crippen molar-refractivity contribution in [3.8, 4) is 6.01 Å². The molecule has 1 aromatic carbocycles. The van der Waals surface area contributed by atoms with Gasteiger partial charge in [-0.15, -0.1) is 0 Å². The van der Waals surface area contributed by atoms with E-state index in [1.165, 1.54) is 12.1 Å². The number of aromatic nitrogens is 2. The number of nitrogens with one attached hydrogen (secondary N) is 1. The summed E-state index contributed by atoms with van der Waals surface area (Å²) in [5.74, 6) is -0.277. The molecule has 2 aromatic rings. The van der Waals surface area contributed by atoms with E-state index in [1.807, 2.05) is 0 Å². The Kier molecular flexibility index (Phi) is 2.91. The van der Waals surface area contributed by atoms with Crippen LogP contribution in [0.1, 0.15) is 25.7 Å². The number of imidazole rings is 1. The summed E-state index contributed by atoms with van der Waals surface area (Å²) in [6.07, 6.45) is 4.04. The molecule has 3 rings (SSSR count). The number of rotatable bonds is 2. The molecule has 1 saturated carbocycles. The zero-order valence-corrected chi connectivity index (χ0v) is 10.0. The molecule has 1 aromatic heterocycles. The van der Waals surface area contributed by atoms with Gasteiger partial charge in [-0.2, -0.15) is 4.98 Å². The molecule has 4 nitrogen and oxygen atoms in total. The van der Waals surface area contributed by atoms with E-state index in [9.17, 15) is 4.39 Å². The summed E-state index contributed by atoms with van der Waals surface area (Å²) in [4.78, 5) is 7.28. The molecule has 1 heterocycles. The average molecular weight is 249 g/mol. The number of nitrogens with zero attached hydrogens (tertiary/aromatic N) is 1. The average Bonchev–Trinajstić information content (AvgIpc) is 2.73. The van der Waals surface area contributed by atoms with Gasteiger partial charge in [-0.3, -0.25) is 0 Å². The minimum absolute atomic E-state index is 0.162. The Morgan fingerprint density at radius 3 is 2.83 bits per heavy atom. The van der Waals surface area contributed by atoms with Crippen molar-refractivity contribution in [2.45, 2.75) is 37.8 Å². The number of halogens is 1. The van der Waals surface area contributed by atoms with Crippen LogP contribution in [-0.4, -0.2) is 22.1 Å². The van der Waals surface area contributed by atoms with Crippen LogP contribution in [0.25, 0.3) is 11.0 Å². The minimum Gasteiger partial charge on any atom is -0.461 e. The normalized spacial score (nSPS) is 24.3. The molecule has 0 bridgehead atoms. The molecule has 5 heteroatoms. The van der Waals surface area contributed by atoms with E-state index in [0.717, 1.165) is 31.2 Å². The summed E-state index contributed by atoms with van der Waals surface area (Å²) in [5, 5.41) is 0.